The zero-order valence-electron chi connectivity index (χ0n) is 15.1. The third-order valence-corrected chi connectivity index (χ3v) is 4.55. The molecule has 2 heterocycles. The lowest BCUT2D eigenvalue weighted by atomic mass is 10.0. The molecule has 0 bridgehead atoms. The Balaban J connectivity index is 1.65. The number of piperidine rings is 1. The summed E-state index contributed by atoms with van der Waals surface area (Å²) in [6.07, 6.45) is 3.66. The summed E-state index contributed by atoms with van der Waals surface area (Å²) in [5.41, 5.74) is 0.948. The standard InChI is InChI=1S/C18H24N6O2/c1-22(2)18-10-17(19-13-20-18)21-15-7-5-9-23(12-15)11-14-6-3-4-8-16(14)24(25)26/h3-4,6,8,10,13,15H,5,7,9,11-12H2,1-2H3,(H,19,20,21). The molecule has 1 fully saturated rings. The lowest BCUT2D eigenvalue weighted by Gasteiger charge is -2.33. The summed E-state index contributed by atoms with van der Waals surface area (Å²) < 4.78 is 0. The van der Waals surface area contributed by atoms with Gasteiger partial charge >= 0.3 is 0 Å². The van der Waals surface area contributed by atoms with E-state index in [4.69, 9.17) is 0 Å². The fourth-order valence-electron chi connectivity index (χ4n) is 3.26. The number of benzene rings is 1. The van der Waals surface area contributed by atoms with Gasteiger partial charge in [0.05, 0.1) is 4.92 Å². The van der Waals surface area contributed by atoms with Crippen molar-refractivity contribution < 1.29 is 4.92 Å². The lowest BCUT2D eigenvalue weighted by Crippen LogP contribution is -2.41. The van der Waals surface area contributed by atoms with Crippen LogP contribution in [0.4, 0.5) is 17.3 Å². The van der Waals surface area contributed by atoms with Crippen molar-refractivity contribution in [2.45, 2.75) is 25.4 Å². The van der Waals surface area contributed by atoms with E-state index < -0.39 is 0 Å². The number of para-hydroxylation sites is 1. The van der Waals surface area contributed by atoms with Gasteiger partial charge in [0.2, 0.25) is 0 Å². The van der Waals surface area contributed by atoms with Crippen LogP contribution in [0.1, 0.15) is 18.4 Å². The van der Waals surface area contributed by atoms with E-state index in [1.807, 2.05) is 37.2 Å². The molecule has 8 nitrogen and oxygen atoms in total. The van der Waals surface area contributed by atoms with E-state index in [-0.39, 0.29) is 16.7 Å². The van der Waals surface area contributed by atoms with Gasteiger partial charge in [-0.1, -0.05) is 18.2 Å². The van der Waals surface area contributed by atoms with Crippen LogP contribution in [0.2, 0.25) is 0 Å². The molecule has 1 aliphatic rings. The second-order valence-electron chi connectivity index (χ2n) is 6.76. The van der Waals surface area contributed by atoms with Crippen molar-refractivity contribution in [3.8, 4) is 0 Å². The van der Waals surface area contributed by atoms with Crippen LogP contribution in [-0.2, 0) is 6.54 Å². The van der Waals surface area contributed by atoms with E-state index in [1.165, 1.54) is 0 Å². The van der Waals surface area contributed by atoms with Crippen LogP contribution < -0.4 is 10.2 Å². The zero-order valence-corrected chi connectivity index (χ0v) is 15.1. The maximum Gasteiger partial charge on any atom is 0.273 e. The van der Waals surface area contributed by atoms with Gasteiger partial charge in [0, 0.05) is 50.9 Å². The van der Waals surface area contributed by atoms with Gasteiger partial charge in [-0.05, 0) is 19.4 Å². The Hall–Kier alpha value is -2.74. The molecule has 0 radical (unpaired) electrons. The normalized spacial score (nSPS) is 17.7. The van der Waals surface area contributed by atoms with Crippen LogP contribution in [0.3, 0.4) is 0 Å². The molecule has 1 aliphatic heterocycles. The Morgan fingerprint density at radius 1 is 1.35 bits per heavy atom. The zero-order chi connectivity index (χ0) is 18.5. The Morgan fingerprint density at radius 2 is 2.15 bits per heavy atom. The number of rotatable bonds is 6. The van der Waals surface area contributed by atoms with E-state index in [1.54, 1.807) is 18.5 Å². The first kappa shape index (κ1) is 18.1. The van der Waals surface area contributed by atoms with Crippen LogP contribution in [0.5, 0.6) is 0 Å². The fourth-order valence-corrected chi connectivity index (χ4v) is 3.26. The largest absolute Gasteiger partial charge is 0.366 e. The maximum absolute atomic E-state index is 11.2. The van der Waals surface area contributed by atoms with Crippen LogP contribution in [0.15, 0.2) is 36.7 Å². The third-order valence-electron chi connectivity index (χ3n) is 4.55. The molecule has 138 valence electrons. The van der Waals surface area contributed by atoms with Crippen molar-refractivity contribution in [2.75, 3.05) is 37.4 Å². The highest BCUT2D eigenvalue weighted by atomic mass is 16.6. The number of aromatic nitrogens is 2. The van der Waals surface area contributed by atoms with E-state index in [0.29, 0.717) is 6.54 Å². The molecule has 1 atom stereocenters. The molecule has 8 heteroatoms. The Morgan fingerprint density at radius 3 is 2.92 bits per heavy atom. The van der Waals surface area contributed by atoms with E-state index in [0.717, 1.165) is 43.1 Å². The van der Waals surface area contributed by atoms with Gasteiger partial charge < -0.3 is 10.2 Å². The van der Waals surface area contributed by atoms with Gasteiger partial charge in [0.15, 0.2) is 0 Å². The molecule has 0 saturated carbocycles. The monoisotopic (exact) mass is 356 g/mol. The van der Waals surface area contributed by atoms with Gasteiger partial charge in [-0.3, -0.25) is 15.0 Å². The van der Waals surface area contributed by atoms with Crippen molar-refractivity contribution in [3.05, 3.63) is 52.3 Å². The first-order valence-electron chi connectivity index (χ1n) is 8.73. The Labute approximate surface area is 153 Å². The predicted molar refractivity (Wildman–Crippen MR) is 101 cm³/mol. The van der Waals surface area contributed by atoms with Crippen LogP contribution in [0.25, 0.3) is 0 Å². The Bertz CT molecular complexity index is 767. The molecular weight excluding hydrogens is 332 g/mol. The van der Waals surface area contributed by atoms with Gasteiger partial charge in [0.25, 0.3) is 5.69 Å². The number of nitro groups is 1. The number of nitrogens with zero attached hydrogens (tertiary/aromatic N) is 5. The quantitative estimate of drug-likeness (QED) is 0.628. The molecule has 0 aliphatic carbocycles. The molecule has 1 saturated heterocycles. The highest BCUT2D eigenvalue weighted by Gasteiger charge is 2.23. The summed E-state index contributed by atoms with van der Waals surface area (Å²) in [6, 6.07) is 9.16. The highest BCUT2D eigenvalue weighted by Crippen LogP contribution is 2.23. The molecule has 2 aromatic rings. The summed E-state index contributed by atoms with van der Waals surface area (Å²) >= 11 is 0. The van der Waals surface area contributed by atoms with E-state index in [2.05, 4.69) is 20.2 Å². The smallest absolute Gasteiger partial charge is 0.273 e. The number of hydrogen-bond donors (Lipinski definition) is 1. The maximum atomic E-state index is 11.2. The molecule has 1 unspecified atom stereocenters. The summed E-state index contributed by atoms with van der Waals surface area (Å²) in [4.78, 5) is 23.6. The average molecular weight is 356 g/mol. The lowest BCUT2D eigenvalue weighted by molar-refractivity contribution is -0.385. The topological polar surface area (TPSA) is 87.4 Å². The van der Waals surface area contributed by atoms with Crippen LogP contribution in [0, 0.1) is 10.1 Å². The second kappa shape index (κ2) is 8.09. The molecule has 3 rings (SSSR count). The summed E-state index contributed by atoms with van der Waals surface area (Å²) in [5, 5.41) is 14.7. The first-order chi connectivity index (χ1) is 12.5. The summed E-state index contributed by atoms with van der Waals surface area (Å²) in [7, 11) is 3.89. The van der Waals surface area contributed by atoms with Crippen molar-refractivity contribution >= 4 is 17.3 Å². The number of anilines is 2. The highest BCUT2D eigenvalue weighted by molar-refractivity contribution is 5.48. The van der Waals surface area contributed by atoms with Crippen molar-refractivity contribution in [2.24, 2.45) is 0 Å². The van der Waals surface area contributed by atoms with Crippen molar-refractivity contribution in [3.63, 3.8) is 0 Å². The summed E-state index contributed by atoms with van der Waals surface area (Å²) in [6.45, 7) is 2.35. The number of nitro benzene ring substituents is 1. The van der Waals surface area contributed by atoms with Crippen LogP contribution in [-0.4, -0.2) is 53.0 Å². The minimum absolute atomic E-state index is 0.189. The third kappa shape index (κ3) is 4.45. The molecule has 1 aromatic heterocycles. The molecular formula is C18H24N6O2. The molecule has 1 aromatic carbocycles. The van der Waals surface area contributed by atoms with Crippen molar-refractivity contribution in [1.82, 2.24) is 14.9 Å². The Kier molecular flexibility index (Phi) is 5.62. The van der Waals surface area contributed by atoms with E-state index >= 15 is 0 Å². The second-order valence-corrected chi connectivity index (χ2v) is 6.76. The first-order valence-corrected chi connectivity index (χ1v) is 8.73. The molecule has 0 spiro atoms. The molecule has 1 N–H and O–H groups in total. The summed E-state index contributed by atoms with van der Waals surface area (Å²) in [5.74, 6) is 1.66. The predicted octanol–water partition coefficient (Wildman–Crippen LogP) is 2.53. The van der Waals surface area contributed by atoms with Gasteiger partial charge in [-0.25, -0.2) is 9.97 Å². The van der Waals surface area contributed by atoms with Crippen LogP contribution >= 0.6 is 0 Å². The van der Waals surface area contributed by atoms with Gasteiger partial charge in [-0.15, -0.1) is 0 Å². The van der Waals surface area contributed by atoms with Gasteiger partial charge in [0.1, 0.15) is 18.0 Å². The number of likely N-dealkylation sites (tertiary alicyclic amines) is 1. The molecule has 26 heavy (non-hydrogen) atoms. The SMILES string of the molecule is CN(C)c1cc(NC2CCCN(Cc3ccccc3[N+](=O)[O-])C2)ncn1. The minimum Gasteiger partial charge on any atom is -0.366 e. The van der Waals surface area contributed by atoms with Gasteiger partial charge in [-0.2, -0.15) is 0 Å². The minimum atomic E-state index is -0.307. The number of nitrogens with one attached hydrogen (secondary N) is 1. The number of hydrogen-bond acceptors (Lipinski definition) is 7. The average Bonchev–Trinajstić information content (AvgIpc) is 2.62. The molecule has 0 amide bonds. The fraction of sp³-hybridized carbons (Fsp3) is 0.444. The van der Waals surface area contributed by atoms with Crippen molar-refractivity contribution in [1.29, 1.82) is 0 Å². The van der Waals surface area contributed by atoms with E-state index in [9.17, 15) is 10.1 Å².